The van der Waals surface area contributed by atoms with E-state index in [4.69, 9.17) is 5.10 Å². The molecule has 2 aliphatic heterocycles. The summed E-state index contributed by atoms with van der Waals surface area (Å²) >= 11 is 0. The zero-order valence-electron chi connectivity index (χ0n) is 30.8. The van der Waals surface area contributed by atoms with Crippen LogP contribution in [0.15, 0.2) is 48.7 Å². The van der Waals surface area contributed by atoms with Crippen molar-refractivity contribution in [3.63, 3.8) is 0 Å². The van der Waals surface area contributed by atoms with Crippen molar-refractivity contribution in [1.82, 2.24) is 40.1 Å². The van der Waals surface area contributed by atoms with Gasteiger partial charge in [-0.05, 0) is 63.1 Å². The minimum absolute atomic E-state index is 0.00992. The summed E-state index contributed by atoms with van der Waals surface area (Å²) in [5.74, 6) is -0.122. The number of anilines is 4. The highest BCUT2D eigenvalue weighted by Crippen LogP contribution is 2.50. The number of hydrogen-bond donors (Lipinski definition) is 3. The molecule has 1 atom stereocenters. The number of para-hydroxylation sites is 1. The number of carbonyl (C=O) groups is 3. The Morgan fingerprint density at radius 1 is 0.925 bits per heavy atom. The predicted octanol–water partition coefficient (Wildman–Crippen LogP) is 5.16. The van der Waals surface area contributed by atoms with Crippen molar-refractivity contribution in [1.29, 1.82) is 0 Å². The number of benzene rings is 1. The molecule has 0 spiro atoms. The maximum atomic E-state index is 13.3. The second kappa shape index (κ2) is 14.2. The van der Waals surface area contributed by atoms with Gasteiger partial charge >= 0.3 is 0 Å². The zero-order chi connectivity index (χ0) is 36.8. The Balaban J connectivity index is 1.04. The SMILES string of the molecule is CC[C@@H]1c2c(cnn2C2CCN(Cc3cccc(C(=O)N(C)C)n3)CC2)-c2cccc(Nc3cc(NC(=O)C4CC4)nnc3C(=O)NC3CC3)c2N1C. The van der Waals surface area contributed by atoms with E-state index in [-0.39, 0.29) is 47.5 Å². The number of nitrogens with one attached hydrogen (secondary N) is 3. The smallest absolute Gasteiger partial charge is 0.274 e. The highest BCUT2D eigenvalue weighted by Gasteiger charge is 2.36. The highest BCUT2D eigenvalue weighted by atomic mass is 16.2. The first kappa shape index (κ1) is 34.7. The standard InChI is InChI=1S/C39H47N11O3/c1-5-32-36-28(21-40-50(36)26-16-18-49(19-17-26)22-25-8-6-11-30(41-25)39(53)47(2)3)27-9-7-10-29(35(27)48(32)4)43-31-20-33(44-37(51)23-12-13-23)45-46-34(31)38(52)42-24-14-15-24/h6-11,20-21,23-24,26,32H,5,12-19,22H2,1-4H3,(H,42,52)(H2,43,44,45,51)/t32-/m1/s1. The van der Waals surface area contributed by atoms with E-state index in [0.29, 0.717) is 23.7 Å². The van der Waals surface area contributed by atoms with Gasteiger partial charge in [0.1, 0.15) is 5.69 Å². The molecule has 3 amide bonds. The van der Waals surface area contributed by atoms with E-state index in [2.05, 4.69) is 65.7 Å². The molecule has 4 aromatic rings. The lowest BCUT2D eigenvalue weighted by molar-refractivity contribution is -0.117. The van der Waals surface area contributed by atoms with Crippen molar-refractivity contribution in [2.45, 2.75) is 76.5 Å². The van der Waals surface area contributed by atoms with Gasteiger partial charge in [0.25, 0.3) is 11.8 Å². The number of piperidine rings is 1. The number of pyridine rings is 1. The maximum Gasteiger partial charge on any atom is 0.274 e. The molecule has 3 aromatic heterocycles. The molecular formula is C39H47N11O3. The largest absolute Gasteiger partial charge is 0.364 e. The van der Waals surface area contributed by atoms with Crippen molar-refractivity contribution in [2.24, 2.45) is 5.92 Å². The average Bonchev–Trinajstić information content (AvgIpc) is 4.10. The maximum absolute atomic E-state index is 13.3. The summed E-state index contributed by atoms with van der Waals surface area (Å²) < 4.78 is 2.26. The summed E-state index contributed by atoms with van der Waals surface area (Å²) in [6.07, 6.45) is 8.45. The van der Waals surface area contributed by atoms with Gasteiger partial charge in [0.15, 0.2) is 11.5 Å². The number of amides is 3. The van der Waals surface area contributed by atoms with Crippen LogP contribution in [0.5, 0.6) is 0 Å². The van der Waals surface area contributed by atoms with Crippen molar-refractivity contribution < 1.29 is 14.4 Å². The highest BCUT2D eigenvalue weighted by molar-refractivity contribution is 6.01. The molecule has 0 bridgehead atoms. The first-order valence-corrected chi connectivity index (χ1v) is 18.8. The third-order valence-corrected chi connectivity index (χ3v) is 10.8. The molecule has 1 aromatic carbocycles. The van der Waals surface area contributed by atoms with Crippen molar-refractivity contribution >= 4 is 40.6 Å². The summed E-state index contributed by atoms with van der Waals surface area (Å²) in [4.78, 5) is 49.3. The van der Waals surface area contributed by atoms with Gasteiger partial charge < -0.3 is 25.8 Å². The first-order chi connectivity index (χ1) is 25.7. The van der Waals surface area contributed by atoms with E-state index in [0.717, 1.165) is 86.2 Å². The van der Waals surface area contributed by atoms with Crippen LogP contribution in [0, 0.1) is 5.92 Å². The summed E-state index contributed by atoms with van der Waals surface area (Å²) in [5.41, 5.74) is 7.28. The molecule has 2 aliphatic carbocycles. The lowest BCUT2D eigenvalue weighted by atomic mass is 9.91. The van der Waals surface area contributed by atoms with Gasteiger partial charge in [0.05, 0.1) is 46.7 Å². The molecule has 14 nitrogen and oxygen atoms in total. The molecule has 8 rings (SSSR count). The zero-order valence-corrected chi connectivity index (χ0v) is 30.8. The number of likely N-dealkylation sites (tertiary alicyclic amines) is 1. The minimum atomic E-state index is -0.286. The molecule has 0 unspecified atom stereocenters. The van der Waals surface area contributed by atoms with Crippen molar-refractivity contribution in [3.05, 3.63) is 71.4 Å². The summed E-state index contributed by atoms with van der Waals surface area (Å²) in [6, 6.07) is 14.0. The van der Waals surface area contributed by atoms with Gasteiger partial charge in [0.2, 0.25) is 5.91 Å². The number of rotatable bonds is 11. The lowest BCUT2D eigenvalue weighted by Gasteiger charge is -2.39. The molecular weight excluding hydrogens is 671 g/mol. The van der Waals surface area contributed by atoms with E-state index in [9.17, 15) is 14.4 Å². The Bertz CT molecular complexity index is 2050. The predicted molar refractivity (Wildman–Crippen MR) is 202 cm³/mol. The summed E-state index contributed by atoms with van der Waals surface area (Å²) in [5, 5.41) is 23.0. The monoisotopic (exact) mass is 717 g/mol. The summed E-state index contributed by atoms with van der Waals surface area (Å²) in [7, 11) is 5.61. The molecule has 3 N–H and O–H groups in total. The van der Waals surface area contributed by atoms with Gasteiger partial charge in [-0.3, -0.25) is 24.0 Å². The number of hydrogen-bond acceptors (Lipinski definition) is 10. The van der Waals surface area contributed by atoms with Crippen LogP contribution in [0.2, 0.25) is 0 Å². The Morgan fingerprint density at radius 3 is 2.42 bits per heavy atom. The van der Waals surface area contributed by atoms with Crippen molar-refractivity contribution in [2.75, 3.05) is 49.8 Å². The molecule has 276 valence electrons. The Hall–Kier alpha value is -5.37. The molecule has 4 aliphatic rings. The number of carbonyl (C=O) groups excluding carboxylic acids is 3. The van der Waals surface area contributed by atoms with Crippen LogP contribution in [0.25, 0.3) is 11.1 Å². The van der Waals surface area contributed by atoms with Gasteiger partial charge in [-0.25, -0.2) is 4.98 Å². The van der Waals surface area contributed by atoms with Crippen LogP contribution in [-0.2, 0) is 11.3 Å². The number of nitrogens with zero attached hydrogens (tertiary/aromatic N) is 8. The minimum Gasteiger partial charge on any atom is -0.364 e. The van der Waals surface area contributed by atoms with E-state index < -0.39 is 0 Å². The van der Waals surface area contributed by atoms with Crippen molar-refractivity contribution in [3.8, 4) is 11.1 Å². The molecule has 2 saturated carbocycles. The third-order valence-electron chi connectivity index (χ3n) is 10.8. The Labute approximate surface area is 309 Å². The molecule has 53 heavy (non-hydrogen) atoms. The third kappa shape index (κ3) is 7.07. The molecule has 0 radical (unpaired) electrons. The van der Waals surface area contributed by atoms with Gasteiger partial charge in [0, 0.05) is 69.9 Å². The fourth-order valence-corrected chi connectivity index (χ4v) is 7.63. The fraction of sp³-hybridized carbons (Fsp3) is 0.462. The molecule has 5 heterocycles. The van der Waals surface area contributed by atoms with Crippen LogP contribution in [0.4, 0.5) is 22.9 Å². The summed E-state index contributed by atoms with van der Waals surface area (Å²) in [6.45, 7) is 4.72. The van der Waals surface area contributed by atoms with E-state index in [1.165, 1.54) is 5.69 Å². The van der Waals surface area contributed by atoms with E-state index in [1.807, 2.05) is 30.5 Å². The first-order valence-electron chi connectivity index (χ1n) is 18.8. The topological polar surface area (TPSA) is 154 Å². The molecule has 14 heteroatoms. The normalized spacial score (nSPS) is 18.6. The molecule has 3 fully saturated rings. The number of fused-ring (bicyclic) bond motifs is 3. The average molecular weight is 718 g/mol. The Morgan fingerprint density at radius 2 is 1.70 bits per heavy atom. The van der Waals surface area contributed by atoms with Gasteiger partial charge in [-0.2, -0.15) is 5.10 Å². The second-order valence-electron chi connectivity index (χ2n) is 15.0. The molecule has 1 saturated heterocycles. The fourth-order valence-electron chi connectivity index (χ4n) is 7.63. The van der Waals surface area contributed by atoms with Crippen LogP contribution < -0.4 is 20.9 Å². The van der Waals surface area contributed by atoms with Crippen LogP contribution in [0.3, 0.4) is 0 Å². The quantitative estimate of drug-likeness (QED) is 0.190. The number of aromatic nitrogens is 5. The Kier molecular flexibility index (Phi) is 9.31. The second-order valence-corrected chi connectivity index (χ2v) is 15.0. The van der Waals surface area contributed by atoms with Crippen LogP contribution in [0.1, 0.15) is 96.3 Å². The lowest BCUT2D eigenvalue weighted by Crippen LogP contribution is -2.37. The van der Waals surface area contributed by atoms with Gasteiger partial charge in [-0.15, -0.1) is 10.2 Å². The van der Waals surface area contributed by atoms with Gasteiger partial charge in [-0.1, -0.05) is 25.1 Å². The van der Waals surface area contributed by atoms with Crippen LogP contribution in [-0.4, -0.2) is 92.8 Å². The van der Waals surface area contributed by atoms with E-state index in [1.54, 1.807) is 31.1 Å². The van der Waals surface area contributed by atoms with E-state index >= 15 is 0 Å². The van der Waals surface area contributed by atoms with Crippen LogP contribution >= 0.6 is 0 Å².